The van der Waals surface area contributed by atoms with E-state index in [1.807, 2.05) is 18.4 Å². The molecule has 2 aromatic rings. The normalized spacial score (nSPS) is 16.6. The lowest BCUT2D eigenvalue weighted by Gasteiger charge is -2.33. The van der Waals surface area contributed by atoms with Crippen molar-refractivity contribution in [3.63, 3.8) is 0 Å². The van der Waals surface area contributed by atoms with E-state index >= 15 is 0 Å². The number of nitrogens with one attached hydrogen (secondary N) is 2. The number of carbonyl (C=O) groups is 3. The van der Waals surface area contributed by atoms with E-state index in [2.05, 4.69) is 15.6 Å². The van der Waals surface area contributed by atoms with Gasteiger partial charge in [0.15, 0.2) is 5.13 Å². The number of hydrogen-bond donors (Lipinski definition) is 2. The number of nitrogens with zero attached hydrogens (tertiary/aromatic N) is 2. The molecule has 0 saturated carbocycles. The third-order valence-corrected chi connectivity index (χ3v) is 6.14. The van der Waals surface area contributed by atoms with Crippen LogP contribution in [0.25, 0.3) is 0 Å². The van der Waals surface area contributed by atoms with Crippen molar-refractivity contribution in [3.05, 3.63) is 33.5 Å². The van der Waals surface area contributed by atoms with E-state index in [-0.39, 0.29) is 30.2 Å². The second kappa shape index (κ2) is 9.79. The van der Waals surface area contributed by atoms with Crippen LogP contribution in [0.5, 0.6) is 0 Å². The molecule has 0 bridgehead atoms. The topological polar surface area (TPSA) is 91.4 Å². The summed E-state index contributed by atoms with van der Waals surface area (Å²) in [5.41, 5.74) is 0.647. The lowest BCUT2D eigenvalue weighted by atomic mass is 10.0. The number of thiazole rings is 1. The van der Waals surface area contributed by atoms with Gasteiger partial charge in [0, 0.05) is 30.9 Å². The van der Waals surface area contributed by atoms with Gasteiger partial charge in [0.05, 0.1) is 17.0 Å². The molecule has 1 atom stereocenters. The molecule has 1 aliphatic heterocycles. The van der Waals surface area contributed by atoms with Gasteiger partial charge in [-0.3, -0.25) is 19.7 Å². The number of amides is 3. The van der Waals surface area contributed by atoms with Gasteiger partial charge in [-0.15, -0.1) is 22.7 Å². The van der Waals surface area contributed by atoms with Gasteiger partial charge in [0.1, 0.15) is 0 Å². The second-order valence-corrected chi connectivity index (χ2v) is 8.55. The Balaban J connectivity index is 1.51. The molecule has 3 rings (SSSR count). The Morgan fingerprint density at radius 1 is 1.32 bits per heavy atom. The molecule has 1 fully saturated rings. The van der Waals surface area contributed by atoms with E-state index in [4.69, 9.17) is 0 Å². The molecule has 0 radical (unpaired) electrons. The first kappa shape index (κ1) is 20.5. The van der Waals surface area contributed by atoms with Crippen LogP contribution < -0.4 is 10.6 Å². The van der Waals surface area contributed by atoms with Gasteiger partial charge in [-0.25, -0.2) is 4.98 Å². The van der Waals surface area contributed by atoms with Gasteiger partial charge in [-0.2, -0.15) is 0 Å². The maximum atomic E-state index is 12.6. The minimum atomic E-state index is -0.191. The molecule has 7 nitrogen and oxygen atoms in total. The zero-order chi connectivity index (χ0) is 19.9. The summed E-state index contributed by atoms with van der Waals surface area (Å²) >= 11 is 2.68. The second-order valence-electron chi connectivity index (χ2n) is 6.75. The minimum absolute atomic E-state index is 0.00382. The first-order chi connectivity index (χ1) is 13.5. The third-order valence-electron chi connectivity index (χ3n) is 4.47. The summed E-state index contributed by atoms with van der Waals surface area (Å²) < 4.78 is 0. The van der Waals surface area contributed by atoms with Crippen molar-refractivity contribution in [2.24, 2.45) is 0 Å². The Kier molecular flexibility index (Phi) is 7.16. The van der Waals surface area contributed by atoms with Crippen LogP contribution in [0.3, 0.4) is 0 Å². The molecule has 150 valence electrons. The summed E-state index contributed by atoms with van der Waals surface area (Å²) in [5, 5.41) is 9.91. The Labute approximate surface area is 172 Å². The fraction of sp³-hybridized carbons (Fsp3) is 0.474. The van der Waals surface area contributed by atoms with Crippen LogP contribution in [0.1, 0.15) is 48.0 Å². The first-order valence-electron chi connectivity index (χ1n) is 9.41. The van der Waals surface area contributed by atoms with Crippen LogP contribution in [0.2, 0.25) is 0 Å². The fourth-order valence-electron chi connectivity index (χ4n) is 3.13. The predicted octanol–water partition coefficient (Wildman–Crippen LogP) is 2.91. The van der Waals surface area contributed by atoms with Crippen molar-refractivity contribution in [1.82, 2.24) is 15.2 Å². The number of piperidine rings is 1. The smallest absolute Gasteiger partial charge is 0.267 e. The molecule has 3 heterocycles. The Hall–Kier alpha value is -2.26. The zero-order valence-electron chi connectivity index (χ0n) is 15.8. The van der Waals surface area contributed by atoms with Crippen molar-refractivity contribution >= 4 is 45.5 Å². The van der Waals surface area contributed by atoms with Gasteiger partial charge in [-0.1, -0.05) is 13.0 Å². The van der Waals surface area contributed by atoms with Gasteiger partial charge in [0.25, 0.3) is 5.91 Å². The monoisotopic (exact) mass is 420 g/mol. The average molecular weight is 421 g/mol. The largest absolute Gasteiger partial charge is 0.352 e. The Morgan fingerprint density at radius 2 is 2.18 bits per heavy atom. The summed E-state index contributed by atoms with van der Waals surface area (Å²) in [4.78, 5) is 43.3. The number of hydrogen-bond acceptors (Lipinski definition) is 6. The lowest BCUT2D eigenvalue weighted by Crippen LogP contribution is -2.50. The summed E-state index contributed by atoms with van der Waals surface area (Å²) in [6, 6.07) is 3.60. The van der Waals surface area contributed by atoms with Crippen molar-refractivity contribution < 1.29 is 14.4 Å². The van der Waals surface area contributed by atoms with Gasteiger partial charge in [0.2, 0.25) is 11.8 Å². The molecule has 0 aromatic carbocycles. The maximum Gasteiger partial charge on any atom is 0.267 e. The Bertz CT molecular complexity index is 819. The molecule has 9 heteroatoms. The highest BCUT2D eigenvalue weighted by Crippen LogP contribution is 2.19. The van der Waals surface area contributed by atoms with E-state index in [0.717, 1.165) is 19.3 Å². The third kappa shape index (κ3) is 5.62. The quantitative estimate of drug-likeness (QED) is 0.720. The van der Waals surface area contributed by atoms with Crippen molar-refractivity contribution in [3.8, 4) is 0 Å². The van der Waals surface area contributed by atoms with Crippen LogP contribution in [-0.2, 0) is 16.0 Å². The number of likely N-dealkylation sites (tertiary alicyclic amines) is 1. The number of rotatable bonds is 7. The van der Waals surface area contributed by atoms with E-state index < -0.39 is 0 Å². The standard InChI is InChI=1S/C19H24N4O3S2/c1-2-5-16(24)20-13-6-3-8-23(11-13)17(25)10-14-12-28-19(21-14)22-18(26)15-7-4-9-27-15/h4,7,9,12-13H,2-3,5-6,8,10-11H2,1H3,(H,20,24)(H,21,22,26). The SMILES string of the molecule is CCCC(=O)NC1CCCN(C(=O)Cc2csc(NC(=O)c3cccs3)n2)C1. The molecule has 2 N–H and O–H groups in total. The summed E-state index contributed by atoms with van der Waals surface area (Å²) in [6.45, 7) is 3.22. The van der Waals surface area contributed by atoms with E-state index in [1.54, 1.807) is 16.3 Å². The van der Waals surface area contributed by atoms with Crippen molar-refractivity contribution in [1.29, 1.82) is 0 Å². The molecule has 28 heavy (non-hydrogen) atoms. The fourth-order valence-corrected chi connectivity index (χ4v) is 4.45. The van der Waals surface area contributed by atoms with Crippen LogP contribution in [0.15, 0.2) is 22.9 Å². The molecule has 0 spiro atoms. The van der Waals surface area contributed by atoms with E-state index in [0.29, 0.717) is 35.2 Å². The van der Waals surface area contributed by atoms with Crippen molar-refractivity contribution in [2.75, 3.05) is 18.4 Å². The van der Waals surface area contributed by atoms with Crippen molar-refractivity contribution in [2.45, 2.75) is 45.1 Å². The molecule has 1 unspecified atom stereocenters. The van der Waals surface area contributed by atoms with Gasteiger partial charge < -0.3 is 10.2 Å². The van der Waals surface area contributed by atoms with Crippen LogP contribution in [0, 0.1) is 0 Å². The van der Waals surface area contributed by atoms with E-state index in [1.165, 1.54) is 22.7 Å². The molecular formula is C19H24N4O3S2. The molecule has 2 aromatic heterocycles. The van der Waals surface area contributed by atoms with Crippen LogP contribution >= 0.6 is 22.7 Å². The molecule has 3 amide bonds. The lowest BCUT2D eigenvalue weighted by molar-refractivity contribution is -0.133. The molecular weight excluding hydrogens is 396 g/mol. The molecule has 1 aliphatic rings. The summed E-state index contributed by atoms with van der Waals surface area (Å²) in [5.74, 6) is -0.146. The first-order valence-corrected chi connectivity index (χ1v) is 11.2. The summed E-state index contributed by atoms with van der Waals surface area (Å²) in [7, 11) is 0. The minimum Gasteiger partial charge on any atom is -0.352 e. The highest BCUT2D eigenvalue weighted by atomic mass is 32.1. The maximum absolute atomic E-state index is 12.6. The average Bonchev–Trinajstić information content (AvgIpc) is 3.34. The molecule has 1 saturated heterocycles. The Morgan fingerprint density at radius 3 is 2.93 bits per heavy atom. The van der Waals surface area contributed by atoms with Gasteiger partial charge >= 0.3 is 0 Å². The molecule has 0 aliphatic carbocycles. The highest BCUT2D eigenvalue weighted by molar-refractivity contribution is 7.14. The van der Waals surface area contributed by atoms with Crippen LogP contribution in [0.4, 0.5) is 5.13 Å². The van der Waals surface area contributed by atoms with Gasteiger partial charge in [-0.05, 0) is 30.7 Å². The summed E-state index contributed by atoms with van der Waals surface area (Å²) in [6.07, 6.45) is 3.30. The predicted molar refractivity (Wildman–Crippen MR) is 111 cm³/mol. The number of aromatic nitrogens is 1. The number of carbonyl (C=O) groups excluding carboxylic acids is 3. The zero-order valence-corrected chi connectivity index (χ0v) is 17.4. The highest BCUT2D eigenvalue weighted by Gasteiger charge is 2.25. The van der Waals surface area contributed by atoms with Crippen LogP contribution in [-0.4, -0.2) is 46.7 Å². The number of thiophene rings is 1. The van der Waals surface area contributed by atoms with E-state index in [9.17, 15) is 14.4 Å². The number of anilines is 1.